The van der Waals surface area contributed by atoms with E-state index >= 15 is 0 Å². The standard InChI is InChI=1S/C22H20ClNO3/c1-13(14-6-3-2-4-7-14)24-11-18-20-17(10-19(23)21(18)26-12-24)15-8-5-9-16(15)22(25)27-20/h2-4,6-7,10,13H,5,8-9,11-12H2,1H3/t13-/m1/s1. The van der Waals surface area contributed by atoms with Gasteiger partial charge in [0.2, 0.25) is 0 Å². The van der Waals surface area contributed by atoms with Crippen LogP contribution in [-0.4, -0.2) is 11.6 Å². The van der Waals surface area contributed by atoms with Crippen molar-refractivity contribution in [1.29, 1.82) is 0 Å². The Kier molecular flexibility index (Phi) is 3.99. The van der Waals surface area contributed by atoms with Gasteiger partial charge in [-0.3, -0.25) is 4.90 Å². The van der Waals surface area contributed by atoms with Crippen LogP contribution in [0.1, 0.15) is 41.6 Å². The molecule has 1 aliphatic heterocycles. The third-order valence-corrected chi connectivity index (χ3v) is 6.11. The van der Waals surface area contributed by atoms with Gasteiger partial charge < -0.3 is 9.15 Å². The van der Waals surface area contributed by atoms with E-state index in [9.17, 15) is 4.79 Å². The van der Waals surface area contributed by atoms with Gasteiger partial charge in [0, 0.05) is 23.5 Å². The highest BCUT2D eigenvalue weighted by molar-refractivity contribution is 6.33. The molecule has 0 radical (unpaired) electrons. The van der Waals surface area contributed by atoms with Crippen LogP contribution < -0.4 is 10.4 Å². The van der Waals surface area contributed by atoms with Crippen LogP contribution in [0.2, 0.25) is 5.02 Å². The molecule has 0 amide bonds. The van der Waals surface area contributed by atoms with Gasteiger partial charge in [0.25, 0.3) is 0 Å². The molecular weight excluding hydrogens is 362 g/mol. The van der Waals surface area contributed by atoms with E-state index in [1.54, 1.807) is 0 Å². The lowest BCUT2D eigenvalue weighted by molar-refractivity contribution is 0.0621. The molecule has 0 fully saturated rings. The van der Waals surface area contributed by atoms with Crippen LogP contribution >= 0.6 is 11.6 Å². The first kappa shape index (κ1) is 16.8. The number of rotatable bonds is 2. The monoisotopic (exact) mass is 381 g/mol. The Morgan fingerprint density at radius 3 is 2.70 bits per heavy atom. The van der Waals surface area contributed by atoms with Crippen molar-refractivity contribution in [1.82, 2.24) is 4.90 Å². The van der Waals surface area contributed by atoms with Crippen LogP contribution in [0.3, 0.4) is 0 Å². The third kappa shape index (κ3) is 2.67. The average molecular weight is 382 g/mol. The van der Waals surface area contributed by atoms with Crippen LogP contribution in [0.15, 0.2) is 45.6 Å². The molecule has 2 heterocycles. The van der Waals surface area contributed by atoms with Crippen molar-refractivity contribution >= 4 is 22.6 Å². The molecular formula is C22H20ClNO3. The molecule has 1 aliphatic carbocycles. The van der Waals surface area contributed by atoms with Gasteiger partial charge in [0.05, 0.1) is 10.6 Å². The van der Waals surface area contributed by atoms with Crippen molar-refractivity contribution in [2.75, 3.05) is 6.73 Å². The van der Waals surface area contributed by atoms with Crippen LogP contribution in [0, 0.1) is 0 Å². The molecule has 0 bridgehead atoms. The topological polar surface area (TPSA) is 42.7 Å². The highest BCUT2D eigenvalue weighted by Crippen LogP contribution is 2.42. The summed E-state index contributed by atoms with van der Waals surface area (Å²) in [4.78, 5) is 14.7. The van der Waals surface area contributed by atoms with Crippen molar-refractivity contribution in [3.8, 4) is 5.75 Å². The summed E-state index contributed by atoms with van der Waals surface area (Å²) in [5, 5.41) is 1.55. The van der Waals surface area contributed by atoms with E-state index in [1.807, 2.05) is 24.3 Å². The fourth-order valence-electron chi connectivity index (χ4n) is 4.32. The minimum absolute atomic E-state index is 0.175. The van der Waals surface area contributed by atoms with E-state index in [0.29, 0.717) is 29.6 Å². The maximum atomic E-state index is 12.5. The van der Waals surface area contributed by atoms with E-state index in [1.165, 1.54) is 5.56 Å². The molecule has 1 atom stereocenters. The molecule has 2 aliphatic rings. The maximum Gasteiger partial charge on any atom is 0.339 e. The molecule has 2 aromatic carbocycles. The molecule has 0 N–H and O–H groups in total. The van der Waals surface area contributed by atoms with Crippen LogP contribution in [0.4, 0.5) is 0 Å². The van der Waals surface area contributed by atoms with E-state index in [4.69, 9.17) is 20.8 Å². The SMILES string of the molecule is C[C@H](c1ccccc1)N1COc2c(Cl)cc3c4c(c(=O)oc3c2C1)CCC4. The fourth-order valence-corrected chi connectivity index (χ4v) is 4.59. The summed E-state index contributed by atoms with van der Waals surface area (Å²) >= 11 is 6.54. The molecule has 0 saturated heterocycles. The van der Waals surface area contributed by atoms with Crippen molar-refractivity contribution in [3.05, 3.63) is 74.1 Å². The smallest absolute Gasteiger partial charge is 0.339 e. The first-order valence-corrected chi connectivity index (χ1v) is 9.73. The number of ether oxygens (including phenoxy) is 1. The lowest BCUT2D eigenvalue weighted by Crippen LogP contribution is -2.34. The second kappa shape index (κ2) is 6.39. The Morgan fingerprint density at radius 1 is 1.11 bits per heavy atom. The fraction of sp³-hybridized carbons (Fsp3) is 0.318. The second-order valence-corrected chi connectivity index (χ2v) is 7.76. The van der Waals surface area contributed by atoms with Gasteiger partial charge in [-0.25, -0.2) is 4.79 Å². The maximum absolute atomic E-state index is 12.5. The summed E-state index contributed by atoms with van der Waals surface area (Å²) in [6, 6.07) is 12.4. The van der Waals surface area contributed by atoms with Crippen molar-refractivity contribution in [3.63, 3.8) is 0 Å². The molecule has 4 nitrogen and oxygen atoms in total. The van der Waals surface area contributed by atoms with Crippen molar-refractivity contribution < 1.29 is 9.15 Å². The minimum atomic E-state index is -0.215. The Balaban J connectivity index is 1.63. The first-order valence-electron chi connectivity index (χ1n) is 9.35. The lowest BCUT2D eigenvalue weighted by atomic mass is 10.0. The summed E-state index contributed by atoms with van der Waals surface area (Å²) in [5.74, 6) is 0.641. The normalized spacial score (nSPS) is 17.4. The zero-order chi connectivity index (χ0) is 18.5. The zero-order valence-corrected chi connectivity index (χ0v) is 15.9. The number of halogens is 1. The van der Waals surface area contributed by atoms with Gasteiger partial charge in [0.1, 0.15) is 18.1 Å². The number of nitrogens with zero attached hydrogens (tertiary/aromatic N) is 1. The molecule has 0 saturated carbocycles. The number of benzene rings is 2. The van der Waals surface area contributed by atoms with Gasteiger partial charge in [-0.2, -0.15) is 0 Å². The van der Waals surface area contributed by atoms with Gasteiger partial charge in [-0.15, -0.1) is 0 Å². The molecule has 0 unspecified atom stereocenters. The Morgan fingerprint density at radius 2 is 1.89 bits per heavy atom. The van der Waals surface area contributed by atoms with Gasteiger partial charge in [-0.05, 0) is 43.4 Å². The quantitative estimate of drug-likeness (QED) is 0.595. The molecule has 138 valence electrons. The predicted octanol–water partition coefficient (Wildman–Crippen LogP) is 4.85. The number of fused-ring (bicyclic) bond motifs is 5. The van der Waals surface area contributed by atoms with Crippen LogP contribution in [0.5, 0.6) is 5.75 Å². The largest absolute Gasteiger partial charge is 0.476 e. The van der Waals surface area contributed by atoms with E-state index in [-0.39, 0.29) is 11.7 Å². The predicted molar refractivity (Wildman–Crippen MR) is 105 cm³/mol. The van der Waals surface area contributed by atoms with E-state index in [0.717, 1.165) is 41.3 Å². The molecule has 3 aromatic rings. The van der Waals surface area contributed by atoms with Gasteiger partial charge in [0.15, 0.2) is 0 Å². The molecule has 0 spiro atoms. The summed E-state index contributed by atoms with van der Waals surface area (Å²) in [5.41, 5.74) is 4.42. The first-order chi connectivity index (χ1) is 13.1. The Labute approximate surface area is 162 Å². The number of hydrogen-bond donors (Lipinski definition) is 0. The average Bonchev–Trinajstić information content (AvgIpc) is 3.20. The van der Waals surface area contributed by atoms with Crippen molar-refractivity contribution in [2.24, 2.45) is 0 Å². The summed E-state index contributed by atoms with van der Waals surface area (Å²) < 4.78 is 11.8. The van der Waals surface area contributed by atoms with E-state index < -0.39 is 0 Å². The Hall–Kier alpha value is -2.30. The molecule has 27 heavy (non-hydrogen) atoms. The van der Waals surface area contributed by atoms with Crippen LogP contribution in [0.25, 0.3) is 11.0 Å². The van der Waals surface area contributed by atoms with Crippen LogP contribution in [-0.2, 0) is 19.4 Å². The van der Waals surface area contributed by atoms with E-state index in [2.05, 4.69) is 24.0 Å². The third-order valence-electron chi connectivity index (χ3n) is 5.83. The zero-order valence-electron chi connectivity index (χ0n) is 15.1. The highest BCUT2D eigenvalue weighted by atomic mass is 35.5. The molecule has 5 heteroatoms. The summed E-state index contributed by atoms with van der Waals surface area (Å²) in [6.07, 6.45) is 2.68. The summed E-state index contributed by atoms with van der Waals surface area (Å²) in [6.45, 7) is 3.23. The Bertz CT molecular complexity index is 1090. The lowest BCUT2D eigenvalue weighted by Gasteiger charge is -2.34. The summed E-state index contributed by atoms with van der Waals surface area (Å²) in [7, 11) is 0. The highest BCUT2D eigenvalue weighted by Gasteiger charge is 2.30. The molecule has 5 rings (SSSR count). The second-order valence-electron chi connectivity index (χ2n) is 7.35. The minimum Gasteiger partial charge on any atom is -0.476 e. The molecule has 1 aromatic heterocycles. The number of aryl methyl sites for hydroxylation is 1. The number of hydrogen-bond acceptors (Lipinski definition) is 4. The van der Waals surface area contributed by atoms with Gasteiger partial charge >= 0.3 is 5.63 Å². The van der Waals surface area contributed by atoms with Crippen molar-refractivity contribution in [2.45, 2.75) is 38.8 Å². The van der Waals surface area contributed by atoms with Gasteiger partial charge in [-0.1, -0.05) is 41.9 Å².